The van der Waals surface area contributed by atoms with Gasteiger partial charge in [-0.1, -0.05) is 13.8 Å². The van der Waals surface area contributed by atoms with Gasteiger partial charge in [0.2, 0.25) is 5.91 Å². The highest BCUT2D eigenvalue weighted by atomic mass is 16.6. The minimum Gasteiger partial charge on any atom is -0.311 e. The Morgan fingerprint density at radius 3 is 2.57 bits per heavy atom. The Kier molecular flexibility index (Phi) is 5.10. The summed E-state index contributed by atoms with van der Waals surface area (Å²) in [7, 11) is 0. The van der Waals surface area contributed by atoms with E-state index in [-0.39, 0.29) is 11.6 Å². The van der Waals surface area contributed by atoms with E-state index >= 15 is 0 Å². The van der Waals surface area contributed by atoms with Crippen molar-refractivity contribution in [3.8, 4) is 5.69 Å². The van der Waals surface area contributed by atoms with E-state index in [9.17, 15) is 14.9 Å². The molecular formula is C16H20N4O3. The van der Waals surface area contributed by atoms with Crippen LogP contribution in [0.15, 0.2) is 30.3 Å². The number of benzene rings is 1. The molecule has 1 aromatic carbocycles. The summed E-state index contributed by atoms with van der Waals surface area (Å²) in [6.07, 6.45) is 1.26. The summed E-state index contributed by atoms with van der Waals surface area (Å²) in [5.74, 6) is 0.953. The lowest BCUT2D eigenvalue weighted by atomic mass is 10.1. The maximum atomic E-state index is 12.0. The van der Waals surface area contributed by atoms with Crippen molar-refractivity contribution in [1.29, 1.82) is 0 Å². The van der Waals surface area contributed by atoms with Crippen molar-refractivity contribution in [3.05, 3.63) is 46.1 Å². The second-order valence-electron chi connectivity index (χ2n) is 5.84. The largest absolute Gasteiger partial charge is 0.311 e. The summed E-state index contributed by atoms with van der Waals surface area (Å²) >= 11 is 0. The van der Waals surface area contributed by atoms with Crippen molar-refractivity contribution in [1.82, 2.24) is 9.78 Å². The summed E-state index contributed by atoms with van der Waals surface area (Å²) in [6.45, 7) is 5.96. The summed E-state index contributed by atoms with van der Waals surface area (Å²) in [5.41, 5.74) is 1.42. The van der Waals surface area contributed by atoms with Crippen molar-refractivity contribution >= 4 is 17.4 Å². The van der Waals surface area contributed by atoms with Crippen molar-refractivity contribution in [3.63, 3.8) is 0 Å². The second-order valence-corrected chi connectivity index (χ2v) is 5.84. The average molecular weight is 316 g/mol. The van der Waals surface area contributed by atoms with E-state index in [1.807, 2.05) is 6.92 Å². The van der Waals surface area contributed by atoms with Crippen LogP contribution in [0.2, 0.25) is 0 Å². The minimum absolute atomic E-state index is 0.0140. The molecule has 0 radical (unpaired) electrons. The normalized spacial score (nSPS) is 10.8. The number of hydrogen-bond acceptors (Lipinski definition) is 4. The second kappa shape index (κ2) is 7.04. The van der Waals surface area contributed by atoms with Gasteiger partial charge in [0.15, 0.2) is 0 Å². The predicted molar refractivity (Wildman–Crippen MR) is 87.7 cm³/mol. The quantitative estimate of drug-likeness (QED) is 0.652. The van der Waals surface area contributed by atoms with E-state index in [1.54, 1.807) is 22.9 Å². The molecule has 7 nitrogen and oxygen atoms in total. The van der Waals surface area contributed by atoms with Crippen LogP contribution in [0.3, 0.4) is 0 Å². The lowest BCUT2D eigenvalue weighted by Crippen LogP contribution is -2.15. The van der Waals surface area contributed by atoms with Gasteiger partial charge in [-0.3, -0.25) is 14.9 Å². The van der Waals surface area contributed by atoms with E-state index in [0.29, 0.717) is 23.8 Å². The van der Waals surface area contributed by atoms with Gasteiger partial charge >= 0.3 is 0 Å². The van der Waals surface area contributed by atoms with Gasteiger partial charge in [-0.25, -0.2) is 4.68 Å². The van der Waals surface area contributed by atoms with Crippen LogP contribution in [0.25, 0.3) is 5.69 Å². The standard InChI is InChI=1S/C16H20N4O3/c1-11(2)4-9-16(21)17-15-10-12(3)18-19(15)13-5-7-14(8-6-13)20(22)23/h5-8,10-11H,4,9H2,1-3H3,(H,17,21). The molecule has 1 aromatic heterocycles. The van der Waals surface area contributed by atoms with E-state index in [0.717, 1.165) is 12.1 Å². The molecule has 0 bridgehead atoms. The van der Waals surface area contributed by atoms with Gasteiger partial charge < -0.3 is 5.32 Å². The van der Waals surface area contributed by atoms with Crippen LogP contribution in [0.4, 0.5) is 11.5 Å². The van der Waals surface area contributed by atoms with Gasteiger partial charge in [-0.05, 0) is 31.4 Å². The average Bonchev–Trinajstić information content (AvgIpc) is 2.85. The third-order valence-corrected chi connectivity index (χ3v) is 3.35. The smallest absolute Gasteiger partial charge is 0.269 e. The van der Waals surface area contributed by atoms with Gasteiger partial charge in [0, 0.05) is 24.6 Å². The van der Waals surface area contributed by atoms with Crippen LogP contribution >= 0.6 is 0 Å². The zero-order valence-electron chi connectivity index (χ0n) is 13.4. The highest BCUT2D eigenvalue weighted by molar-refractivity contribution is 5.90. The van der Waals surface area contributed by atoms with Gasteiger partial charge in [-0.2, -0.15) is 5.10 Å². The third kappa shape index (κ3) is 4.38. The molecule has 0 saturated carbocycles. The summed E-state index contributed by atoms with van der Waals surface area (Å²) in [5, 5.41) is 17.9. The van der Waals surface area contributed by atoms with Crippen molar-refractivity contribution in [2.45, 2.75) is 33.6 Å². The Labute approximate surface area is 134 Å². The molecule has 1 amide bonds. The first-order chi connectivity index (χ1) is 10.9. The summed E-state index contributed by atoms with van der Waals surface area (Å²) < 4.78 is 1.58. The fourth-order valence-electron chi connectivity index (χ4n) is 2.13. The maximum absolute atomic E-state index is 12.0. The Balaban J connectivity index is 2.20. The molecule has 0 spiro atoms. The molecule has 1 N–H and O–H groups in total. The molecule has 0 saturated heterocycles. The predicted octanol–water partition coefficient (Wildman–Crippen LogP) is 3.46. The van der Waals surface area contributed by atoms with E-state index in [4.69, 9.17) is 0 Å². The lowest BCUT2D eigenvalue weighted by molar-refractivity contribution is -0.384. The molecule has 1 heterocycles. The van der Waals surface area contributed by atoms with Crippen LogP contribution in [-0.4, -0.2) is 20.6 Å². The molecule has 0 fully saturated rings. The van der Waals surface area contributed by atoms with Gasteiger partial charge in [-0.15, -0.1) is 0 Å². The minimum atomic E-state index is -0.452. The Morgan fingerprint density at radius 1 is 1.35 bits per heavy atom. The van der Waals surface area contributed by atoms with Crippen LogP contribution in [-0.2, 0) is 4.79 Å². The number of carbonyl (C=O) groups excluding carboxylic acids is 1. The molecule has 0 atom stereocenters. The monoisotopic (exact) mass is 316 g/mol. The highest BCUT2D eigenvalue weighted by Gasteiger charge is 2.12. The topological polar surface area (TPSA) is 90.1 Å². The molecule has 0 aliphatic rings. The fourth-order valence-corrected chi connectivity index (χ4v) is 2.13. The van der Waals surface area contributed by atoms with E-state index in [2.05, 4.69) is 24.3 Å². The highest BCUT2D eigenvalue weighted by Crippen LogP contribution is 2.20. The number of non-ortho nitro benzene ring substituents is 1. The number of nitrogens with one attached hydrogen (secondary N) is 1. The molecular weight excluding hydrogens is 296 g/mol. The number of rotatable bonds is 6. The first kappa shape index (κ1) is 16.7. The fraction of sp³-hybridized carbons (Fsp3) is 0.375. The van der Waals surface area contributed by atoms with Crippen LogP contribution in [0.5, 0.6) is 0 Å². The number of nitrogens with zero attached hydrogens (tertiary/aromatic N) is 3. The summed E-state index contributed by atoms with van der Waals surface area (Å²) in [6, 6.07) is 7.81. The SMILES string of the molecule is Cc1cc(NC(=O)CCC(C)C)n(-c2ccc([N+](=O)[O-])cc2)n1. The number of hydrogen-bond donors (Lipinski definition) is 1. The number of nitro benzene ring substituents is 1. The first-order valence-corrected chi connectivity index (χ1v) is 7.48. The Hall–Kier alpha value is -2.70. The summed E-state index contributed by atoms with van der Waals surface area (Å²) in [4.78, 5) is 22.3. The zero-order valence-corrected chi connectivity index (χ0v) is 13.4. The number of anilines is 1. The molecule has 2 aromatic rings. The van der Waals surface area contributed by atoms with E-state index in [1.165, 1.54) is 12.1 Å². The maximum Gasteiger partial charge on any atom is 0.269 e. The molecule has 0 aliphatic carbocycles. The van der Waals surface area contributed by atoms with E-state index < -0.39 is 4.92 Å². The first-order valence-electron chi connectivity index (χ1n) is 7.48. The number of amides is 1. The zero-order chi connectivity index (χ0) is 17.0. The van der Waals surface area contributed by atoms with Crippen molar-refractivity contribution in [2.75, 3.05) is 5.32 Å². The third-order valence-electron chi connectivity index (χ3n) is 3.35. The van der Waals surface area contributed by atoms with Crippen LogP contribution < -0.4 is 5.32 Å². The number of aryl methyl sites for hydroxylation is 1. The molecule has 0 unspecified atom stereocenters. The molecule has 23 heavy (non-hydrogen) atoms. The van der Waals surface area contributed by atoms with Crippen molar-refractivity contribution < 1.29 is 9.72 Å². The number of nitro groups is 1. The Bertz CT molecular complexity index is 705. The molecule has 0 aliphatic heterocycles. The van der Waals surface area contributed by atoms with Gasteiger partial charge in [0.05, 0.1) is 16.3 Å². The van der Waals surface area contributed by atoms with Gasteiger partial charge in [0.1, 0.15) is 5.82 Å². The molecule has 2 rings (SSSR count). The van der Waals surface area contributed by atoms with Crippen molar-refractivity contribution in [2.24, 2.45) is 5.92 Å². The number of aromatic nitrogens is 2. The lowest BCUT2D eigenvalue weighted by Gasteiger charge is -2.09. The van der Waals surface area contributed by atoms with Crippen LogP contribution in [0, 0.1) is 23.0 Å². The van der Waals surface area contributed by atoms with Crippen LogP contribution in [0.1, 0.15) is 32.4 Å². The molecule has 122 valence electrons. The Morgan fingerprint density at radius 2 is 2.00 bits per heavy atom. The number of carbonyl (C=O) groups is 1. The van der Waals surface area contributed by atoms with Gasteiger partial charge in [0.25, 0.3) is 5.69 Å². The molecule has 7 heteroatoms.